The number of ether oxygens (including phenoxy) is 1. The first kappa shape index (κ1) is 25.0. The average Bonchev–Trinajstić information content (AvgIpc) is 3.22. The van der Waals surface area contributed by atoms with Gasteiger partial charge in [-0.3, -0.25) is 13.9 Å². The second-order valence-electron chi connectivity index (χ2n) is 7.02. The molecule has 0 spiro atoms. The highest BCUT2D eigenvalue weighted by atomic mass is 31.2. The van der Waals surface area contributed by atoms with Gasteiger partial charge in [0.05, 0.1) is 12.9 Å². The molecule has 1 saturated heterocycles. The largest absolute Gasteiger partial charge is 0.480 e. The fourth-order valence-corrected chi connectivity index (χ4v) is 2.95. The molecule has 0 amide bonds. The van der Waals surface area contributed by atoms with Crippen LogP contribution in [0.2, 0.25) is 0 Å². The van der Waals surface area contributed by atoms with Gasteiger partial charge in [0, 0.05) is 0 Å². The predicted molar refractivity (Wildman–Crippen MR) is 104 cm³/mol. The number of aromatic nitrogens is 4. The third kappa shape index (κ3) is 6.15. The van der Waals surface area contributed by atoms with Gasteiger partial charge in [0.1, 0.15) is 36.2 Å². The zero-order valence-corrected chi connectivity index (χ0v) is 17.5. The molecular formula is C15H25N6O9P. The zero-order chi connectivity index (χ0) is 23.5. The van der Waals surface area contributed by atoms with Crippen LogP contribution in [0.25, 0.3) is 11.2 Å². The van der Waals surface area contributed by atoms with E-state index in [1.54, 1.807) is 13.8 Å². The number of aliphatic carboxylic acids is 1. The van der Waals surface area contributed by atoms with E-state index in [4.69, 9.17) is 31.1 Å². The molecule has 5 atom stereocenters. The lowest BCUT2D eigenvalue weighted by Crippen LogP contribution is -2.34. The summed E-state index contributed by atoms with van der Waals surface area (Å²) in [5.74, 6) is -0.768. The Hall–Kier alpha value is -2.23. The van der Waals surface area contributed by atoms with Gasteiger partial charge in [-0.2, -0.15) is 0 Å². The van der Waals surface area contributed by atoms with Crippen molar-refractivity contribution >= 4 is 30.8 Å². The number of hydrogen-bond acceptors (Lipinski definition) is 11. The molecule has 1 unspecified atom stereocenters. The highest BCUT2D eigenvalue weighted by Gasteiger charge is 2.45. The Bertz CT molecular complexity index is 950. The van der Waals surface area contributed by atoms with Gasteiger partial charge in [0.2, 0.25) is 0 Å². The number of phosphoric ester groups is 1. The minimum atomic E-state index is -4.72. The van der Waals surface area contributed by atoms with Crippen LogP contribution in [0.3, 0.4) is 0 Å². The highest BCUT2D eigenvalue weighted by Crippen LogP contribution is 2.38. The van der Waals surface area contributed by atoms with Gasteiger partial charge >= 0.3 is 13.8 Å². The number of nitrogens with two attached hydrogens (primary N) is 2. The summed E-state index contributed by atoms with van der Waals surface area (Å²) in [6, 6.07) is -0.713. The number of hydrogen-bond donors (Lipinski definition) is 7. The third-order valence-electron chi connectivity index (χ3n) is 4.41. The molecule has 0 aromatic carbocycles. The molecule has 2 aromatic heterocycles. The number of rotatable bonds is 6. The van der Waals surface area contributed by atoms with Gasteiger partial charge in [-0.25, -0.2) is 19.5 Å². The van der Waals surface area contributed by atoms with E-state index in [1.807, 2.05) is 0 Å². The number of anilines is 1. The number of nitrogens with zero attached hydrogens (tertiary/aromatic N) is 4. The molecule has 16 heteroatoms. The molecule has 9 N–H and O–H groups in total. The van der Waals surface area contributed by atoms with Crippen LogP contribution in [0.15, 0.2) is 12.7 Å². The van der Waals surface area contributed by atoms with Crippen LogP contribution in [-0.4, -0.2) is 81.6 Å². The summed E-state index contributed by atoms with van der Waals surface area (Å²) in [6.45, 7) is 2.96. The van der Waals surface area contributed by atoms with Crippen molar-refractivity contribution in [2.24, 2.45) is 11.7 Å². The standard InChI is InChI=1S/C10H14N5O7P.C5H11NO2/c11-8-5-9(13-2-12-8)15(3-14-5)10-7(17)6(16)4(22-10)1-21-23(18,19)20;1-3(2)4(6)5(7)8/h2-4,6-7,10,16-17H,1H2,(H2,11,12,13)(H2,18,19,20);3-4H,6H2,1-2H3,(H,7,8)/t4-,6-,7-,10-;/m1./s1. The highest BCUT2D eigenvalue weighted by molar-refractivity contribution is 7.46. The Balaban J connectivity index is 0.000000366. The number of carboxylic acids is 1. The normalized spacial score (nSPS) is 24.8. The van der Waals surface area contributed by atoms with Crippen molar-refractivity contribution in [3.63, 3.8) is 0 Å². The number of carboxylic acid groups (broad SMARTS) is 1. The maximum absolute atomic E-state index is 10.7. The van der Waals surface area contributed by atoms with E-state index in [0.717, 1.165) is 0 Å². The number of fused-ring (bicyclic) bond motifs is 1. The maximum Gasteiger partial charge on any atom is 0.469 e. The number of aliphatic hydroxyl groups excluding tert-OH is 2. The van der Waals surface area contributed by atoms with Crippen LogP contribution in [0.1, 0.15) is 20.1 Å². The van der Waals surface area contributed by atoms with E-state index in [9.17, 15) is 19.6 Å². The molecule has 174 valence electrons. The topological polar surface area (TPSA) is 249 Å². The monoisotopic (exact) mass is 464 g/mol. The maximum atomic E-state index is 10.7. The van der Waals surface area contributed by atoms with Crippen LogP contribution >= 0.6 is 7.82 Å². The van der Waals surface area contributed by atoms with Gasteiger partial charge in [-0.05, 0) is 5.92 Å². The summed E-state index contributed by atoms with van der Waals surface area (Å²) in [7, 11) is -4.72. The van der Waals surface area contributed by atoms with Crippen molar-refractivity contribution in [3.8, 4) is 0 Å². The summed E-state index contributed by atoms with van der Waals surface area (Å²) >= 11 is 0. The molecule has 2 aromatic rings. The summed E-state index contributed by atoms with van der Waals surface area (Å²) in [5, 5.41) is 28.3. The minimum absolute atomic E-state index is 0.0208. The minimum Gasteiger partial charge on any atom is -0.480 e. The SMILES string of the molecule is CC(C)C(N)C(=O)O.Nc1ncnc2c1ncn2[C@@H]1O[C@H](COP(=O)(O)O)[C@@H](O)[C@H]1O. The van der Waals surface area contributed by atoms with Crippen LogP contribution < -0.4 is 11.5 Å². The fraction of sp³-hybridized carbons (Fsp3) is 0.600. The lowest BCUT2D eigenvalue weighted by molar-refractivity contribution is -0.139. The Labute approximate surface area is 175 Å². The first-order chi connectivity index (χ1) is 14.3. The molecule has 0 saturated carbocycles. The Morgan fingerprint density at radius 2 is 1.94 bits per heavy atom. The van der Waals surface area contributed by atoms with E-state index < -0.39 is 51.0 Å². The molecule has 1 aliphatic heterocycles. The Kier molecular flexibility index (Phi) is 8.02. The van der Waals surface area contributed by atoms with Crippen LogP contribution in [0, 0.1) is 5.92 Å². The number of aliphatic hydroxyl groups is 2. The summed E-state index contributed by atoms with van der Waals surface area (Å²) in [4.78, 5) is 39.2. The molecule has 1 aliphatic rings. The number of nitrogen functional groups attached to an aromatic ring is 1. The van der Waals surface area contributed by atoms with Gasteiger partial charge in [0.15, 0.2) is 17.7 Å². The van der Waals surface area contributed by atoms with E-state index in [2.05, 4.69) is 19.5 Å². The van der Waals surface area contributed by atoms with E-state index in [0.29, 0.717) is 5.52 Å². The quantitative estimate of drug-likeness (QED) is 0.233. The lowest BCUT2D eigenvalue weighted by atomic mass is 10.1. The van der Waals surface area contributed by atoms with E-state index >= 15 is 0 Å². The summed E-state index contributed by atoms with van der Waals surface area (Å²) in [6.07, 6.45) is -2.49. The molecule has 31 heavy (non-hydrogen) atoms. The van der Waals surface area contributed by atoms with Gasteiger partial charge in [-0.15, -0.1) is 0 Å². The molecule has 3 rings (SSSR count). The zero-order valence-electron chi connectivity index (χ0n) is 16.6. The smallest absolute Gasteiger partial charge is 0.469 e. The van der Waals surface area contributed by atoms with E-state index in [1.165, 1.54) is 17.2 Å². The van der Waals surface area contributed by atoms with Crippen LogP contribution in [-0.2, 0) is 18.6 Å². The number of carbonyl (C=O) groups is 1. The first-order valence-electron chi connectivity index (χ1n) is 8.96. The van der Waals surface area contributed by atoms with Crippen LogP contribution in [0.5, 0.6) is 0 Å². The second kappa shape index (κ2) is 9.93. The predicted octanol–water partition coefficient (Wildman–Crippen LogP) is -1.81. The van der Waals surface area contributed by atoms with E-state index in [-0.39, 0.29) is 17.4 Å². The van der Waals surface area contributed by atoms with Crippen molar-refractivity contribution in [1.82, 2.24) is 19.5 Å². The molecular weight excluding hydrogens is 439 g/mol. The molecule has 3 heterocycles. The number of imidazole rings is 1. The fourth-order valence-electron chi connectivity index (χ4n) is 2.61. The molecule has 0 radical (unpaired) electrons. The Morgan fingerprint density at radius 3 is 2.45 bits per heavy atom. The lowest BCUT2D eigenvalue weighted by Gasteiger charge is -2.16. The van der Waals surface area contributed by atoms with Gasteiger partial charge < -0.3 is 41.3 Å². The van der Waals surface area contributed by atoms with Crippen molar-refractivity contribution < 1.29 is 43.7 Å². The number of phosphoric acid groups is 1. The van der Waals surface area contributed by atoms with Crippen molar-refractivity contribution in [2.75, 3.05) is 12.3 Å². The molecule has 1 fully saturated rings. The van der Waals surface area contributed by atoms with Crippen molar-refractivity contribution in [1.29, 1.82) is 0 Å². The van der Waals surface area contributed by atoms with Crippen molar-refractivity contribution in [3.05, 3.63) is 12.7 Å². The first-order valence-corrected chi connectivity index (χ1v) is 10.5. The summed E-state index contributed by atoms with van der Waals surface area (Å²) in [5.41, 5.74) is 11.4. The molecule has 0 aliphatic carbocycles. The molecule has 0 bridgehead atoms. The Morgan fingerprint density at radius 1 is 1.29 bits per heavy atom. The second-order valence-corrected chi connectivity index (χ2v) is 8.26. The third-order valence-corrected chi connectivity index (χ3v) is 4.89. The van der Waals surface area contributed by atoms with Gasteiger partial charge in [-0.1, -0.05) is 13.8 Å². The van der Waals surface area contributed by atoms with Crippen molar-refractivity contribution in [2.45, 2.75) is 44.4 Å². The molecule has 15 nitrogen and oxygen atoms in total. The summed E-state index contributed by atoms with van der Waals surface area (Å²) < 4.78 is 21.8. The van der Waals surface area contributed by atoms with Gasteiger partial charge in [0.25, 0.3) is 0 Å². The van der Waals surface area contributed by atoms with Crippen LogP contribution in [0.4, 0.5) is 5.82 Å². The average molecular weight is 464 g/mol.